The summed E-state index contributed by atoms with van der Waals surface area (Å²) in [6.07, 6.45) is 5.33. The summed E-state index contributed by atoms with van der Waals surface area (Å²) in [4.78, 5) is 14.8. The fourth-order valence-electron chi connectivity index (χ4n) is 5.79. The Hall–Kier alpha value is -1.65. The maximum atomic E-state index is 14.0. The van der Waals surface area contributed by atoms with Crippen LogP contribution in [0.1, 0.15) is 56.9 Å². The minimum absolute atomic E-state index is 0.0150. The molecule has 0 radical (unpaired) electrons. The minimum atomic E-state index is -3.38. The van der Waals surface area contributed by atoms with E-state index in [2.05, 4.69) is 0 Å². The number of nitrogens with two attached hydrogens (primary N) is 1. The first kappa shape index (κ1) is 25.4. The Bertz CT molecular complexity index is 986. The highest BCUT2D eigenvalue weighted by molar-refractivity contribution is 7.91. The molecule has 3 heterocycles. The maximum Gasteiger partial charge on any atom is 0.224 e. The van der Waals surface area contributed by atoms with Crippen molar-refractivity contribution in [3.63, 3.8) is 0 Å². The van der Waals surface area contributed by atoms with E-state index in [0.717, 1.165) is 38.2 Å². The van der Waals surface area contributed by atoms with Gasteiger partial charge in [0.1, 0.15) is 5.82 Å². The maximum absolute atomic E-state index is 14.0. The monoisotopic (exact) mass is 502 g/mol. The zero-order valence-corrected chi connectivity index (χ0v) is 20.0. The Morgan fingerprint density at radius 3 is 2.38 bits per heavy atom. The van der Waals surface area contributed by atoms with E-state index in [1.807, 2.05) is 4.90 Å². The molecule has 0 aliphatic carbocycles. The Morgan fingerprint density at radius 1 is 1.06 bits per heavy atom. The molecule has 0 saturated carbocycles. The van der Waals surface area contributed by atoms with Crippen LogP contribution in [0.25, 0.3) is 0 Å². The summed E-state index contributed by atoms with van der Waals surface area (Å²) in [6.45, 7) is 0.586. The second-order valence-corrected chi connectivity index (χ2v) is 12.2. The number of rotatable bonds is 8. The summed E-state index contributed by atoms with van der Waals surface area (Å²) in [7, 11) is -3.38. The largest absolute Gasteiger partial charge is 0.377 e. The molecule has 2 unspecified atom stereocenters. The number of sulfone groups is 1. The number of hydrogen-bond donors (Lipinski definition) is 1. The van der Waals surface area contributed by atoms with E-state index in [4.69, 9.17) is 10.5 Å². The van der Waals surface area contributed by atoms with Gasteiger partial charge in [-0.25, -0.2) is 21.6 Å². The number of fused-ring (bicyclic) bond motifs is 2. The van der Waals surface area contributed by atoms with Crippen LogP contribution in [0.5, 0.6) is 0 Å². The molecule has 1 amide bonds. The zero-order chi connectivity index (χ0) is 24.5. The highest BCUT2D eigenvalue weighted by Crippen LogP contribution is 2.40. The number of halogens is 3. The predicted molar refractivity (Wildman–Crippen MR) is 121 cm³/mol. The molecule has 34 heavy (non-hydrogen) atoms. The van der Waals surface area contributed by atoms with Crippen LogP contribution in [-0.2, 0) is 25.8 Å². The van der Waals surface area contributed by atoms with Crippen molar-refractivity contribution in [3.05, 3.63) is 35.1 Å². The molecule has 2 bridgehead atoms. The Kier molecular flexibility index (Phi) is 7.89. The second-order valence-electron chi connectivity index (χ2n) is 10.00. The van der Waals surface area contributed by atoms with Gasteiger partial charge in [0.2, 0.25) is 5.91 Å². The van der Waals surface area contributed by atoms with Crippen LogP contribution >= 0.6 is 0 Å². The lowest BCUT2D eigenvalue weighted by Gasteiger charge is -2.41. The molecule has 1 aromatic rings. The van der Waals surface area contributed by atoms with Gasteiger partial charge in [0, 0.05) is 37.2 Å². The summed E-state index contributed by atoms with van der Waals surface area (Å²) in [5.41, 5.74) is 6.38. The molecule has 0 aromatic heterocycles. The molecule has 10 heteroatoms. The van der Waals surface area contributed by atoms with Gasteiger partial charge in [-0.05, 0) is 68.9 Å². The van der Waals surface area contributed by atoms with Gasteiger partial charge in [0.05, 0.1) is 17.6 Å². The molecular weight excluding hydrogens is 469 g/mol. The van der Waals surface area contributed by atoms with E-state index in [9.17, 15) is 26.4 Å². The van der Waals surface area contributed by atoms with E-state index in [0.29, 0.717) is 25.5 Å². The summed E-state index contributed by atoms with van der Waals surface area (Å²) >= 11 is 0. The number of benzene rings is 1. The lowest BCUT2D eigenvalue weighted by molar-refractivity contribution is -0.136. The van der Waals surface area contributed by atoms with E-state index in [1.54, 1.807) is 0 Å². The number of carbonyl (C=O) groups excluding carboxylic acids is 1. The normalized spacial score (nSPS) is 28.2. The third-order valence-corrected chi connectivity index (χ3v) is 9.25. The topological polar surface area (TPSA) is 89.7 Å². The van der Waals surface area contributed by atoms with Crippen molar-refractivity contribution in [2.75, 3.05) is 18.1 Å². The number of piperidine rings is 1. The first-order valence-electron chi connectivity index (χ1n) is 12.1. The fraction of sp³-hybridized carbons (Fsp3) is 0.708. The fourth-order valence-corrected chi connectivity index (χ4v) is 7.28. The summed E-state index contributed by atoms with van der Waals surface area (Å²) < 4.78 is 71.3. The van der Waals surface area contributed by atoms with Crippen molar-refractivity contribution in [1.82, 2.24) is 4.90 Å². The second kappa shape index (κ2) is 10.5. The van der Waals surface area contributed by atoms with E-state index >= 15 is 0 Å². The lowest BCUT2D eigenvalue weighted by Crippen LogP contribution is -2.50. The highest BCUT2D eigenvalue weighted by Gasteiger charge is 2.44. The molecule has 3 fully saturated rings. The van der Waals surface area contributed by atoms with Crippen LogP contribution in [0.3, 0.4) is 0 Å². The molecule has 2 N–H and O–H groups in total. The quantitative estimate of drug-likeness (QED) is 0.552. The van der Waals surface area contributed by atoms with Crippen molar-refractivity contribution < 1.29 is 31.1 Å². The third-order valence-electron chi connectivity index (χ3n) is 7.55. The lowest BCUT2D eigenvalue weighted by atomic mass is 9.82. The Balaban J connectivity index is 1.31. The van der Waals surface area contributed by atoms with E-state index in [1.165, 1.54) is 0 Å². The average molecular weight is 503 g/mol. The third kappa shape index (κ3) is 5.94. The van der Waals surface area contributed by atoms with Crippen LogP contribution < -0.4 is 5.73 Å². The molecular formula is C24H33F3N2O4S. The molecule has 3 aliphatic rings. The van der Waals surface area contributed by atoms with Crippen LogP contribution in [0.2, 0.25) is 0 Å². The zero-order valence-electron chi connectivity index (χ0n) is 19.2. The molecule has 4 rings (SSSR count). The standard InChI is InChI=1S/C24H33F3N2O4S/c25-20-13-22(27)21(26)11-15(20)12-23(28)16-9-17-4-5-18(10-16)29(17)24(30)6-8-34(31,32)14-19-3-1-2-7-33-19/h11,13,16-19,23H,1-10,12,14,28H2/t16-,17-,18+,19?,23?. The minimum Gasteiger partial charge on any atom is -0.377 e. The number of ether oxygens (including phenoxy) is 1. The molecule has 5 atom stereocenters. The Labute approximate surface area is 198 Å². The predicted octanol–water partition coefficient (Wildman–Crippen LogP) is 3.12. The van der Waals surface area contributed by atoms with E-state index < -0.39 is 33.3 Å². The molecule has 3 aliphatic heterocycles. The SMILES string of the molecule is NC(Cc1cc(F)c(F)cc1F)[C@@H]1C[C@H]2CC[C@@H](C1)N2C(=O)CCS(=O)(=O)CC1CCCCO1. The van der Waals surface area contributed by atoms with Crippen molar-refractivity contribution in [2.24, 2.45) is 11.7 Å². The summed E-state index contributed by atoms with van der Waals surface area (Å²) in [6, 6.07) is 0.895. The van der Waals surface area contributed by atoms with Gasteiger partial charge in [-0.3, -0.25) is 4.79 Å². The van der Waals surface area contributed by atoms with Gasteiger partial charge < -0.3 is 15.4 Å². The Morgan fingerprint density at radius 2 is 1.74 bits per heavy atom. The molecule has 0 spiro atoms. The van der Waals surface area contributed by atoms with Gasteiger partial charge in [-0.1, -0.05) is 0 Å². The smallest absolute Gasteiger partial charge is 0.224 e. The van der Waals surface area contributed by atoms with Crippen LogP contribution in [0.4, 0.5) is 13.2 Å². The molecule has 6 nitrogen and oxygen atoms in total. The first-order chi connectivity index (χ1) is 16.1. The molecule has 1 aromatic carbocycles. The average Bonchev–Trinajstić information content (AvgIpc) is 3.05. The van der Waals surface area contributed by atoms with Crippen LogP contribution in [0.15, 0.2) is 12.1 Å². The van der Waals surface area contributed by atoms with Crippen molar-refractivity contribution >= 4 is 15.7 Å². The first-order valence-corrected chi connectivity index (χ1v) is 14.0. The summed E-state index contributed by atoms with van der Waals surface area (Å²) in [5.74, 6) is -3.50. The van der Waals surface area contributed by atoms with Crippen LogP contribution in [-0.4, -0.2) is 61.6 Å². The highest BCUT2D eigenvalue weighted by atomic mass is 32.2. The van der Waals surface area contributed by atoms with Crippen molar-refractivity contribution in [3.8, 4) is 0 Å². The summed E-state index contributed by atoms with van der Waals surface area (Å²) in [5, 5.41) is 0. The molecule has 190 valence electrons. The van der Waals surface area contributed by atoms with Gasteiger partial charge in [-0.2, -0.15) is 0 Å². The molecule has 3 saturated heterocycles. The van der Waals surface area contributed by atoms with Crippen molar-refractivity contribution in [1.29, 1.82) is 0 Å². The number of amides is 1. The van der Waals surface area contributed by atoms with Gasteiger partial charge >= 0.3 is 0 Å². The number of nitrogens with zero attached hydrogens (tertiary/aromatic N) is 1. The van der Waals surface area contributed by atoms with Crippen LogP contribution in [0, 0.1) is 23.4 Å². The van der Waals surface area contributed by atoms with Gasteiger partial charge in [-0.15, -0.1) is 0 Å². The van der Waals surface area contributed by atoms with Gasteiger partial charge in [0.15, 0.2) is 21.5 Å². The number of carbonyl (C=O) groups is 1. The van der Waals surface area contributed by atoms with E-state index in [-0.39, 0.29) is 59.9 Å². The van der Waals surface area contributed by atoms with Crippen molar-refractivity contribution in [2.45, 2.75) is 82.0 Å². The number of hydrogen-bond acceptors (Lipinski definition) is 5. The van der Waals surface area contributed by atoms with Gasteiger partial charge in [0.25, 0.3) is 0 Å².